The van der Waals surface area contributed by atoms with Crippen molar-refractivity contribution in [1.29, 1.82) is 0 Å². The molecule has 92 valence electrons. The van der Waals surface area contributed by atoms with Gasteiger partial charge in [0.15, 0.2) is 0 Å². The van der Waals surface area contributed by atoms with E-state index in [0.717, 1.165) is 5.56 Å². The fraction of sp³-hybridized carbons (Fsp3) is 0.364. The highest BCUT2D eigenvalue weighted by Crippen LogP contribution is 2.33. The Hall–Kier alpha value is -0.480. The third kappa shape index (κ3) is 3.26. The molecule has 1 aromatic rings. The normalized spacial score (nSPS) is 24.8. The number of benzene rings is 1. The van der Waals surface area contributed by atoms with Gasteiger partial charge in [0.25, 0.3) is 0 Å². The first-order chi connectivity index (χ1) is 7.97. The molecule has 1 aromatic carbocycles. The standard InChI is InChI=1S/C11H10Cl3NO2/c12-11(13,14)10-15-8(9(16)17-10)6-7-4-2-1-3-5-7/h1-5,8,10,15H,6H2/t8-,10-/m1/s1. The zero-order chi connectivity index (χ0) is 12.5. The Balaban J connectivity index is 2.02. The topological polar surface area (TPSA) is 38.3 Å². The Bertz CT molecular complexity index is 405. The highest BCUT2D eigenvalue weighted by molar-refractivity contribution is 6.68. The van der Waals surface area contributed by atoms with Gasteiger partial charge in [0, 0.05) is 0 Å². The molecule has 0 amide bonds. The third-order valence-corrected chi connectivity index (χ3v) is 3.05. The molecule has 1 N–H and O–H groups in total. The van der Waals surface area contributed by atoms with Crippen molar-refractivity contribution in [2.45, 2.75) is 22.5 Å². The van der Waals surface area contributed by atoms with E-state index in [2.05, 4.69) is 5.32 Å². The molecule has 0 saturated carbocycles. The molecule has 1 saturated heterocycles. The molecule has 6 heteroatoms. The maximum absolute atomic E-state index is 11.6. The monoisotopic (exact) mass is 293 g/mol. The van der Waals surface area contributed by atoms with Crippen molar-refractivity contribution in [3.8, 4) is 0 Å². The van der Waals surface area contributed by atoms with Crippen LogP contribution in [-0.4, -0.2) is 22.0 Å². The first-order valence-corrected chi connectivity index (χ1v) is 6.17. The van der Waals surface area contributed by atoms with E-state index in [0.29, 0.717) is 6.42 Å². The average molecular weight is 295 g/mol. The Labute approximate surface area is 114 Å². The number of hydrogen-bond donors (Lipinski definition) is 1. The van der Waals surface area contributed by atoms with Crippen LogP contribution in [0.2, 0.25) is 0 Å². The number of cyclic esters (lactones) is 1. The summed E-state index contributed by atoms with van der Waals surface area (Å²) in [6.07, 6.45) is -0.384. The van der Waals surface area contributed by atoms with Crippen LogP contribution >= 0.6 is 34.8 Å². The lowest BCUT2D eigenvalue weighted by atomic mass is 10.1. The third-order valence-electron chi connectivity index (χ3n) is 2.45. The van der Waals surface area contributed by atoms with Crippen molar-refractivity contribution in [2.75, 3.05) is 0 Å². The molecule has 1 aliphatic rings. The van der Waals surface area contributed by atoms with Gasteiger partial charge in [-0.2, -0.15) is 0 Å². The van der Waals surface area contributed by atoms with Crippen LogP contribution < -0.4 is 5.32 Å². The van der Waals surface area contributed by atoms with Crippen LogP contribution in [0.5, 0.6) is 0 Å². The van der Waals surface area contributed by atoms with Gasteiger partial charge in [-0.15, -0.1) is 0 Å². The van der Waals surface area contributed by atoms with E-state index in [1.54, 1.807) is 0 Å². The molecule has 0 unspecified atom stereocenters. The minimum Gasteiger partial charge on any atom is -0.441 e. The molecule has 2 rings (SSSR count). The molecule has 1 heterocycles. The van der Waals surface area contributed by atoms with Crippen LogP contribution in [-0.2, 0) is 16.0 Å². The summed E-state index contributed by atoms with van der Waals surface area (Å²) in [6, 6.07) is 9.10. The predicted octanol–water partition coefficient (Wildman–Crippen LogP) is 2.44. The summed E-state index contributed by atoms with van der Waals surface area (Å²) < 4.78 is 3.31. The Morgan fingerprint density at radius 2 is 1.88 bits per heavy atom. The first-order valence-electron chi connectivity index (χ1n) is 5.04. The number of halogens is 3. The molecule has 1 aliphatic heterocycles. The molecular formula is C11H10Cl3NO2. The SMILES string of the molecule is O=C1O[C@H](C(Cl)(Cl)Cl)N[C@@H]1Cc1ccccc1. The van der Waals surface area contributed by atoms with Crippen LogP contribution in [0.4, 0.5) is 0 Å². The van der Waals surface area contributed by atoms with Crippen molar-refractivity contribution in [3.05, 3.63) is 35.9 Å². The fourth-order valence-electron chi connectivity index (χ4n) is 1.64. The number of nitrogens with one attached hydrogen (secondary N) is 1. The molecule has 0 aromatic heterocycles. The van der Waals surface area contributed by atoms with E-state index in [-0.39, 0.29) is 0 Å². The minimum atomic E-state index is -1.65. The number of rotatable bonds is 2. The van der Waals surface area contributed by atoms with Gasteiger partial charge in [-0.05, 0) is 12.0 Å². The lowest BCUT2D eigenvalue weighted by Gasteiger charge is -2.18. The summed E-state index contributed by atoms with van der Waals surface area (Å²) in [5.74, 6) is -0.398. The molecular weight excluding hydrogens is 284 g/mol. The summed E-state index contributed by atoms with van der Waals surface area (Å²) in [6.45, 7) is 0. The van der Waals surface area contributed by atoms with E-state index in [4.69, 9.17) is 39.5 Å². The molecule has 0 radical (unpaired) electrons. The zero-order valence-corrected chi connectivity index (χ0v) is 11.0. The second-order valence-corrected chi connectivity index (χ2v) is 6.14. The number of carbonyl (C=O) groups is 1. The second kappa shape index (κ2) is 5.02. The molecule has 0 aliphatic carbocycles. The van der Waals surface area contributed by atoms with Gasteiger partial charge < -0.3 is 4.74 Å². The van der Waals surface area contributed by atoms with E-state index in [9.17, 15) is 4.79 Å². The molecule has 1 fully saturated rings. The largest absolute Gasteiger partial charge is 0.441 e. The van der Waals surface area contributed by atoms with Crippen molar-refractivity contribution in [1.82, 2.24) is 5.32 Å². The van der Waals surface area contributed by atoms with Crippen LogP contribution in [0.15, 0.2) is 30.3 Å². The van der Waals surface area contributed by atoms with Crippen molar-refractivity contribution < 1.29 is 9.53 Å². The Morgan fingerprint density at radius 3 is 2.41 bits per heavy atom. The summed E-state index contributed by atoms with van der Waals surface area (Å²) in [7, 11) is 0. The van der Waals surface area contributed by atoms with E-state index >= 15 is 0 Å². The lowest BCUT2D eigenvalue weighted by Crippen LogP contribution is -2.40. The molecule has 0 bridgehead atoms. The predicted molar refractivity (Wildman–Crippen MR) is 67.2 cm³/mol. The molecule has 17 heavy (non-hydrogen) atoms. The van der Waals surface area contributed by atoms with Gasteiger partial charge in [-0.1, -0.05) is 65.1 Å². The van der Waals surface area contributed by atoms with Crippen LogP contribution in [0, 0.1) is 0 Å². The van der Waals surface area contributed by atoms with Gasteiger partial charge >= 0.3 is 5.97 Å². The first kappa shape index (κ1) is 13.0. The summed E-state index contributed by atoms with van der Waals surface area (Å²) in [5, 5.41) is 2.86. The van der Waals surface area contributed by atoms with Gasteiger partial charge in [0.05, 0.1) is 0 Å². The van der Waals surface area contributed by atoms with Crippen LogP contribution in [0.25, 0.3) is 0 Å². The maximum Gasteiger partial charge on any atom is 0.325 e. The van der Waals surface area contributed by atoms with E-state index < -0.39 is 22.0 Å². The van der Waals surface area contributed by atoms with Gasteiger partial charge in [-0.3, -0.25) is 10.1 Å². The van der Waals surface area contributed by atoms with Crippen LogP contribution in [0.1, 0.15) is 5.56 Å². The number of ether oxygens (including phenoxy) is 1. The van der Waals surface area contributed by atoms with E-state index in [1.165, 1.54) is 0 Å². The fourth-order valence-corrected chi connectivity index (χ4v) is 1.96. The highest BCUT2D eigenvalue weighted by Gasteiger charge is 2.44. The summed E-state index contributed by atoms with van der Waals surface area (Å²) >= 11 is 17.0. The average Bonchev–Trinajstić information content (AvgIpc) is 2.62. The number of carbonyl (C=O) groups excluding carboxylic acids is 1. The van der Waals surface area contributed by atoms with Crippen molar-refractivity contribution in [2.24, 2.45) is 0 Å². The van der Waals surface area contributed by atoms with Crippen molar-refractivity contribution in [3.63, 3.8) is 0 Å². The summed E-state index contributed by atoms with van der Waals surface area (Å²) in [5.41, 5.74) is 1.02. The quantitative estimate of drug-likeness (QED) is 0.672. The maximum atomic E-state index is 11.6. The Kier molecular flexibility index (Phi) is 3.83. The molecule has 2 atom stereocenters. The number of hydrogen-bond acceptors (Lipinski definition) is 3. The second-order valence-electron chi connectivity index (χ2n) is 3.77. The zero-order valence-electron chi connectivity index (χ0n) is 8.70. The number of alkyl halides is 3. The molecule has 0 spiro atoms. The molecule has 3 nitrogen and oxygen atoms in total. The Morgan fingerprint density at radius 1 is 1.24 bits per heavy atom. The number of esters is 1. The minimum absolute atomic E-state index is 0.398. The highest BCUT2D eigenvalue weighted by atomic mass is 35.6. The van der Waals surface area contributed by atoms with E-state index in [1.807, 2.05) is 30.3 Å². The summed E-state index contributed by atoms with van der Waals surface area (Å²) in [4.78, 5) is 11.6. The lowest BCUT2D eigenvalue weighted by molar-refractivity contribution is -0.142. The van der Waals surface area contributed by atoms with Gasteiger partial charge in [-0.25, -0.2) is 0 Å². The van der Waals surface area contributed by atoms with Gasteiger partial charge in [0.1, 0.15) is 6.04 Å². The van der Waals surface area contributed by atoms with Crippen LogP contribution in [0.3, 0.4) is 0 Å². The van der Waals surface area contributed by atoms with Crippen molar-refractivity contribution >= 4 is 40.8 Å². The van der Waals surface area contributed by atoms with Gasteiger partial charge in [0.2, 0.25) is 10.0 Å². The smallest absolute Gasteiger partial charge is 0.325 e.